The van der Waals surface area contributed by atoms with E-state index in [1.54, 1.807) is 32.4 Å². The molecule has 1 atom stereocenters. The van der Waals surface area contributed by atoms with Crippen LogP contribution in [0.25, 0.3) is 0 Å². The van der Waals surface area contributed by atoms with Gasteiger partial charge in [-0.3, -0.25) is 9.69 Å². The highest BCUT2D eigenvalue weighted by molar-refractivity contribution is 6.30. The summed E-state index contributed by atoms with van der Waals surface area (Å²) in [4.78, 5) is 17.0. The van der Waals surface area contributed by atoms with Crippen molar-refractivity contribution in [1.29, 1.82) is 0 Å². The molecule has 0 aromatic heterocycles. The molecule has 4 rings (SSSR count). The zero-order valence-corrected chi connectivity index (χ0v) is 22.2. The van der Waals surface area contributed by atoms with Crippen LogP contribution in [0.2, 0.25) is 5.02 Å². The number of nitrogens with zero attached hydrogens (tertiary/aromatic N) is 2. The maximum atomic E-state index is 14.2. The first kappa shape index (κ1) is 27.8. The lowest BCUT2D eigenvalue weighted by molar-refractivity contribution is -0.132. The maximum absolute atomic E-state index is 14.2. The fourth-order valence-electron chi connectivity index (χ4n) is 4.48. The lowest BCUT2D eigenvalue weighted by Crippen LogP contribution is -2.50. The van der Waals surface area contributed by atoms with Crippen molar-refractivity contribution in [3.63, 3.8) is 0 Å². The number of carbonyl (C=O) groups excluding carboxylic acids is 1. The van der Waals surface area contributed by atoms with Gasteiger partial charge in [0.25, 0.3) is 0 Å². The predicted molar refractivity (Wildman–Crippen MR) is 142 cm³/mol. The fourth-order valence-corrected chi connectivity index (χ4v) is 4.60. The summed E-state index contributed by atoms with van der Waals surface area (Å²) in [5.74, 6) is -0.0287. The number of amides is 1. The van der Waals surface area contributed by atoms with Crippen LogP contribution in [0.1, 0.15) is 22.8 Å². The zero-order chi connectivity index (χ0) is 27.1. The molecule has 1 fully saturated rings. The molecule has 1 saturated heterocycles. The molecule has 0 N–H and O–H groups in total. The molecule has 38 heavy (non-hydrogen) atoms. The molecule has 0 unspecified atom stereocenters. The molecule has 0 aliphatic carbocycles. The monoisotopic (exact) mass is 544 g/mol. The molecular weight excluding hydrogens is 514 g/mol. The summed E-state index contributed by atoms with van der Waals surface area (Å²) in [6.45, 7) is 2.76. The highest BCUT2D eigenvalue weighted by atomic mass is 35.5. The number of piperazine rings is 1. The van der Waals surface area contributed by atoms with E-state index in [1.807, 2.05) is 29.2 Å². The molecule has 1 aliphatic rings. The Kier molecular flexibility index (Phi) is 9.55. The second-order valence-electron chi connectivity index (χ2n) is 9.10. The third-order valence-corrected chi connectivity index (χ3v) is 6.94. The first-order valence-corrected chi connectivity index (χ1v) is 12.8. The van der Waals surface area contributed by atoms with E-state index in [4.69, 9.17) is 25.8 Å². The van der Waals surface area contributed by atoms with Gasteiger partial charge < -0.3 is 19.1 Å². The van der Waals surface area contributed by atoms with Crippen molar-refractivity contribution < 1.29 is 27.8 Å². The van der Waals surface area contributed by atoms with Gasteiger partial charge in [0.2, 0.25) is 5.91 Å². The molecule has 202 valence electrons. The van der Waals surface area contributed by atoms with E-state index in [-0.39, 0.29) is 24.5 Å². The fraction of sp³-hybridized carbons (Fsp3) is 0.345. The Balaban J connectivity index is 1.36. The van der Waals surface area contributed by atoms with E-state index in [0.29, 0.717) is 49.2 Å². The Morgan fingerprint density at radius 3 is 2.21 bits per heavy atom. The van der Waals surface area contributed by atoms with Crippen LogP contribution in [0.3, 0.4) is 0 Å². The Labute approximate surface area is 226 Å². The molecule has 1 amide bonds. The molecular formula is C29H31ClF2N2O4. The van der Waals surface area contributed by atoms with Crippen molar-refractivity contribution in [3.05, 3.63) is 94.0 Å². The van der Waals surface area contributed by atoms with Gasteiger partial charge in [-0.15, -0.1) is 0 Å². The quantitative estimate of drug-likeness (QED) is 0.348. The van der Waals surface area contributed by atoms with Crippen molar-refractivity contribution in [2.75, 3.05) is 46.9 Å². The third kappa shape index (κ3) is 7.01. The number of benzene rings is 3. The van der Waals surface area contributed by atoms with E-state index >= 15 is 0 Å². The minimum atomic E-state index is -0.638. The summed E-state index contributed by atoms with van der Waals surface area (Å²) in [6, 6.07) is 16.5. The van der Waals surface area contributed by atoms with Gasteiger partial charge in [0.1, 0.15) is 11.6 Å². The lowest BCUT2D eigenvalue weighted by Gasteiger charge is -2.36. The zero-order valence-electron chi connectivity index (χ0n) is 21.5. The van der Waals surface area contributed by atoms with Crippen LogP contribution in [0.15, 0.2) is 60.7 Å². The number of methoxy groups -OCH3 is 2. The van der Waals surface area contributed by atoms with Crippen molar-refractivity contribution >= 4 is 17.5 Å². The number of carbonyl (C=O) groups is 1. The standard InChI is InChI=1S/C29H31ClF2N2O4/c1-36-26-11-6-20(16-27(26)37-2)17-29(35)34-14-12-33(13-15-34)18-28(21-7-9-22(30)10-8-21)38-19-23-24(31)4-3-5-25(23)32/h3-11,16,28H,12-15,17-19H2,1-2H3/t28-/m0/s1. The molecule has 0 saturated carbocycles. The first-order chi connectivity index (χ1) is 18.4. The summed E-state index contributed by atoms with van der Waals surface area (Å²) >= 11 is 6.06. The van der Waals surface area contributed by atoms with Crippen LogP contribution >= 0.6 is 11.6 Å². The van der Waals surface area contributed by atoms with Crippen LogP contribution in [0.4, 0.5) is 8.78 Å². The third-order valence-electron chi connectivity index (χ3n) is 6.68. The van der Waals surface area contributed by atoms with E-state index in [2.05, 4.69) is 4.90 Å². The molecule has 9 heteroatoms. The molecule has 3 aromatic rings. The molecule has 0 radical (unpaired) electrons. The van der Waals surface area contributed by atoms with E-state index in [9.17, 15) is 13.6 Å². The van der Waals surface area contributed by atoms with Crippen molar-refractivity contribution in [2.24, 2.45) is 0 Å². The molecule has 1 heterocycles. The number of hydrogen-bond donors (Lipinski definition) is 0. The highest BCUT2D eigenvalue weighted by Gasteiger charge is 2.25. The van der Waals surface area contributed by atoms with Gasteiger partial charge in [-0.25, -0.2) is 8.78 Å². The Morgan fingerprint density at radius 2 is 1.58 bits per heavy atom. The summed E-state index contributed by atoms with van der Waals surface area (Å²) < 4.78 is 45.0. The minimum absolute atomic E-state index is 0.0393. The minimum Gasteiger partial charge on any atom is -0.493 e. The van der Waals surface area contributed by atoms with Crippen LogP contribution < -0.4 is 9.47 Å². The SMILES string of the molecule is COc1ccc(CC(=O)N2CCN(C[C@H](OCc3c(F)cccc3F)c3ccc(Cl)cc3)CC2)cc1OC. The highest BCUT2D eigenvalue weighted by Crippen LogP contribution is 2.28. The van der Waals surface area contributed by atoms with Gasteiger partial charge in [-0.2, -0.15) is 0 Å². The van der Waals surface area contributed by atoms with Crippen LogP contribution in [-0.4, -0.2) is 62.7 Å². The van der Waals surface area contributed by atoms with E-state index in [0.717, 1.165) is 11.1 Å². The Morgan fingerprint density at radius 1 is 0.921 bits per heavy atom. The van der Waals surface area contributed by atoms with Crippen molar-refractivity contribution in [2.45, 2.75) is 19.1 Å². The van der Waals surface area contributed by atoms with Gasteiger partial charge >= 0.3 is 0 Å². The Bertz CT molecular complexity index is 1210. The van der Waals surface area contributed by atoms with Crippen molar-refractivity contribution in [3.8, 4) is 11.5 Å². The first-order valence-electron chi connectivity index (χ1n) is 12.4. The number of ether oxygens (including phenoxy) is 3. The second-order valence-corrected chi connectivity index (χ2v) is 9.54. The topological polar surface area (TPSA) is 51.2 Å². The summed E-state index contributed by atoms with van der Waals surface area (Å²) in [7, 11) is 3.14. The maximum Gasteiger partial charge on any atom is 0.227 e. The molecule has 6 nitrogen and oxygen atoms in total. The average molecular weight is 545 g/mol. The number of hydrogen-bond acceptors (Lipinski definition) is 5. The molecule has 1 aliphatic heterocycles. The van der Waals surface area contributed by atoms with Gasteiger partial charge in [-0.05, 0) is 47.5 Å². The van der Waals surface area contributed by atoms with Crippen LogP contribution in [-0.2, 0) is 22.6 Å². The molecule has 0 spiro atoms. The van der Waals surface area contributed by atoms with Gasteiger partial charge in [0, 0.05) is 43.3 Å². The van der Waals surface area contributed by atoms with Crippen LogP contribution in [0, 0.1) is 11.6 Å². The van der Waals surface area contributed by atoms with E-state index in [1.165, 1.54) is 18.2 Å². The second kappa shape index (κ2) is 13.0. The Hall–Kier alpha value is -3.20. The van der Waals surface area contributed by atoms with Gasteiger partial charge in [0.15, 0.2) is 11.5 Å². The van der Waals surface area contributed by atoms with Crippen LogP contribution in [0.5, 0.6) is 11.5 Å². The normalized spacial score (nSPS) is 14.8. The predicted octanol–water partition coefficient (Wildman–Crippen LogP) is 5.28. The summed E-state index contributed by atoms with van der Waals surface area (Å²) in [6.07, 6.45) is -0.161. The largest absolute Gasteiger partial charge is 0.493 e. The van der Waals surface area contributed by atoms with E-state index < -0.39 is 17.7 Å². The lowest BCUT2D eigenvalue weighted by atomic mass is 10.1. The van der Waals surface area contributed by atoms with Gasteiger partial charge in [-0.1, -0.05) is 35.9 Å². The molecule has 0 bridgehead atoms. The van der Waals surface area contributed by atoms with Gasteiger partial charge in [0.05, 0.1) is 33.4 Å². The summed E-state index contributed by atoms with van der Waals surface area (Å²) in [5.41, 5.74) is 1.61. The number of halogens is 3. The molecule has 3 aromatic carbocycles. The average Bonchev–Trinajstić information content (AvgIpc) is 2.93. The number of rotatable bonds is 10. The summed E-state index contributed by atoms with van der Waals surface area (Å²) in [5, 5.41) is 0.592. The smallest absolute Gasteiger partial charge is 0.227 e. The van der Waals surface area contributed by atoms with Crippen molar-refractivity contribution in [1.82, 2.24) is 9.80 Å².